The van der Waals surface area contributed by atoms with E-state index in [0.29, 0.717) is 6.42 Å². The third-order valence-electron chi connectivity index (χ3n) is 1.92. The molecular weight excluding hydrogens is 188 g/mol. The molecule has 1 rings (SSSR count). The second-order valence-corrected chi connectivity index (χ2v) is 2.81. The normalized spacial score (nSPS) is 11.9. The van der Waals surface area contributed by atoms with E-state index in [1.54, 1.807) is 6.92 Å². The lowest BCUT2D eigenvalue weighted by Gasteiger charge is -2.08. The van der Waals surface area contributed by atoms with Crippen LogP contribution in [0.3, 0.4) is 0 Å². The Morgan fingerprint density at radius 2 is 2.21 bits per heavy atom. The molecule has 14 heavy (non-hydrogen) atoms. The van der Waals surface area contributed by atoms with E-state index in [2.05, 4.69) is 4.99 Å². The Morgan fingerprint density at radius 3 is 2.71 bits per heavy atom. The summed E-state index contributed by atoms with van der Waals surface area (Å²) in [5, 5.41) is 0. The second-order valence-electron chi connectivity index (χ2n) is 2.81. The van der Waals surface area contributed by atoms with Crippen LogP contribution < -0.4 is 0 Å². The summed E-state index contributed by atoms with van der Waals surface area (Å²) >= 11 is 0. The smallest absolute Gasteiger partial charge is 0.211 e. The molecule has 1 atom stereocenters. The van der Waals surface area contributed by atoms with Crippen molar-refractivity contribution in [2.45, 2.75) is 19.4 Å². The number of benzene rings is 1. The Kier molecular flexibility index (Phi) is 3.48. The van der Waals surface area contributed by atoms with Gasteiger partial charge in [-0.15, -0.1) is 0 Å². The van der Waals surface area contributed by atoms with E-state index in [-0.39, 0.29) is 5.56 Å². The van der Waals surface area contributed by atoms with E-state index in [4.69, 9.17) is 0 Å². The number of rotatable bonds is 3. The Hall–Kier alpha value is -1.54. The molecule has 0 amide bonds. The largest absolute Gasteiger partial charge is 0.235 e. The molecule has 1 aromatic carbocycles. The van der Waals surface area contributed by atoms with Gasteiger partial charge in [-0.05, 0) is 12.5 Å². The quantitative estimate of drug-likeness (QED) is 0.541. The van der Waals surface area contributed by atoms with E-state index in [1.807, 2.05) is 0 Å². The lowest BCUT2D eigenvalue weighted by Crippen LogP contribution is -1.98. The molecule has 0 unspecified atom stereocenters. The molecule has 0 aliphatic carbocycles. The summed E-state index contributed by atoms with van der Waals surface area (Å²) in [5.74, 6) is -1.33. The van der Waals surface area contributed by atoms with Crippen molar-refractivity contribution in [3.63, 3.8) is 0 Å². The van der Waals surface area contributed by atoms with Crippen LogP contribution >= 0.6 is 0 Å². The number of isocyanates is 1. The first kappa shape index (κ1) is 10.5. The number of carbonyl (C=O) groups excluding carboxylic acids is 1. The minimum atomic E-state index is -0.684. The van der Waals surface area contributed by atoms with Gasteiger partial charge < -0.3 is 0 Å². The van der Waals surface area contributed by atoms with Crippen LogP contribution in [0.1, 0.15) is 24.9 Å². The predicted octanol–water partition coefficient (Wildman–Crippen LogP) is 2.75. The summed E-state index contributed by atoms with van der Waals surface area (Å²) in [4.78, 5) is 13.5. The van der Waals surface area contributed by atoms with Gasteiger partial charge in [-0.1, -0.05) is 13.0 Å². The maximum absolute atomic E-state index is 13.2. The number of nitrogens with zero attached hydrogens (tertiary/aromatic N) is 1. The zero-order valence-corrected chi connectivity index (χ0v) is 7.63. The van der Waals surface area contributed by atoms with Crippen LogP contribution in [-0.4, -0.2) is 6.08 Å². The lowest BCUT2D eigenvalue weighted by atomic mass is 10.0. The highest BCUT2D eigenvalue weighted by Crippen LogP contribution is 2.23. The molecular formula is C10H9F2NO. The number of hydrogen-bond donors (Lipinski definition) is 0. The molecule has 0 heterocycles. The molecule has 4 heteroatoms. The van der Waals surface area contributed by atoms with E-state index < -0.39 is 17.7 Å². The standard InChI is InChI=1S/C10H9F2NO/c1-2-10(13-6-14)8-4-3-7(11)5-9(8)12/h3-5,10H,2H2,1H3/t10-/m1/s1. The molecule has 0 spiro atoms. The van der Waals surface area contributed by atoms with Crippen molar-refractivity contribution >= 4 is 6.08 Å². The first-order valence-corrected chi connectivity index (χ1v) is 4.21. The van der Waals surface area contributed by atoms with Crippen molar-refractivity contribution < 1.29 is 13.6 Å². The maximum Gasteiger partial charge on any atom is 0.235 e. The fourth-order valence-corrected chi connectivity index (χ4v) is 1.22. The van der Waals surface area contributed by atoms with Crippen LogP contribution in [0.25, 0.3) is 0 Å². The van der Waals surface area contributed by atoms with E-state index in [0.717, 1.165) is 12.1 Å². The molecule has 0 saturated carbocycles. The Morgan fingerprint density at radius 1 is 1.50 bits per heavy atom. The first-order chi connectivity index (χ1) is 6.69. The fourth-order valence-electron chi connectivity index (χ4n) is 1.22. The average Bonchev–Trinajstić information content (AvgIpc) is 2.15. The van der Waals surface area contributed by atoms with Crippen LogP contribution in [0, 0.1) is 11.6 Å². The fraction of sp³-hybridized carbons (Fsp3) is 0.300. The van der Waals surface area contributed by atoms with Crippen molar-refractivity contribution in [2.75, 3.05) is 0 Å². The van der Waals surface area contributed by atoms with Crippen molar-refractivity contribution in [1.82, 2.24) is 0 Å². The van der Waals surface area contributed by atoms with E-state index in [1.165, 1.54) is 12.1 Å². The third-order valence-corrected chi connectivity index (χ3v) is 1.92. The summed E-state index contributed by atoms with van der Waals surface area (Å²) in [7, 11) is 0. The third kappa shape index (κ3) is 2.24. The van der Waals surface area contributed by atoms with Gasteiger partial charge in [0.25, 0.3) is 0 Å². The summed E-state index contributed by atoms with van der Waals surface area (Å²) in [6.07, 6.45) is 1.84. The molecule has 0 saturated heterocycles. The van der Waals surface area contributed by atoms with Gasteiger partial charge in [-0.3, -0.25) is 0 Å². The first-order valence-electron chi connectivity index (χ1n) is 4.21. The molecule has 0 aromatic heterocycles. The Labute approximate surface area is 80.3 Å². The second kappa shape index (κ2) is 4.63. The molecule has 0 aliphatic heterocycles. The molecule has 0 fully saturated rings. The average molecular weight is 197 g/mol. The molecule has 2 nitrogen and oxygen atoms in total. The monoisotopic (exact) mass is 197 g/mol. The van der Waals surface area contributed by atoms with Crippen LogP contribution in [0.2, 0.25) is 0 Å². The lowest BCUT2D eigenvalue weighted by molar-refractivity contribution is 0.539. The van der Waals surface area contributed by atoms with Gasteiger partial charge in [-0.25, -0.2) is 13.6 Å². The van der Waals surface area contributed by atoms with Gasteiger partial charge in [0, 0.05) is 11.6 Å². The molecule has 0 bridgehead atoms. The zero-order valence-electron chi connectivity index (χ0n) is 7.63. The number of halogens is 2. The summed E-state index contributed by atoms with van der Waals surface area (Å²) in [5.41, 5.74) is 0.220. The maximum atomic E-state index is 13.2. The SMILES string of the molecule is CC[C@@H](N=C=O)c1ccc(F)cc1F. The topological polar surface area (TPSA) is 29.4 Å². The zero-order chi connectivity index (χ0) is 10.6. The van der Waals surface area contributed by atoms with Crippen LogP contribution in [0.5, 0.6) is 0 Å². The van der Waals surface area contributed by atoms with Crippen molar-refractivity contribution in [1.29, 1.82) is 0 Å². The highest BCUT2D eigenvalue weighted by atomic mass is 19.1. The molecule has 1 aromatic rings. The van der Waals surface area contributed by atoms with Gasteiger partial charge in [0.15, 0.2) is 0 Å². The summed E-state index contributed by atoms with van der Waals surface area (Å²) in [6, 6.07) is 2.63. The minimum absolute atomic E-state index is 0.220. The number of aliphatic imine (C=N–C) groups is 1. The number of hydrogen-bond acceptors (Lipinski definition) is 2. The highest BCUT2D eigenvalue weighted by molar-refractivity contribution is 5.35. The highest BCUT2D eigenvalue weighted by Gasteiger charge is 2.13. The van der Waals surface area contributed by atoms with Gasteiger partial charge in [0.1, 0.15) is 11.6 Å². The van der Waals surface area contributed by atoms with Crippen molar-refractivity contribution in [2.24, 2.45) is 4.99 Å². The van der Waals surface area contributed by atoms with E-state index >= 15 is 0 Å². The summed E-state index contributed by atoms with van der Waals surface area (Å²) in [6.45, 7) is 1.76. The van der Waals surface area contributed by atoms with Crippen LogP contribution in [0.15, 0.2) is 23.2 Å². The molecule has 0 radical (unpaired) electrons. The van der Waals surface area contributed by atoms with Crippen molar-refractivity contribution in [3.8, 4) is 0 Å². The predicted molar refractivity (Wildman–Crippen MR) is 47.5 cm³/mol. The molecule has 0 N–H and O–H groups in total. The molecule has 74 valence electrons. The minimum Gasteiger partial charge on any atom is -0.211 e. The van der Waals surface area contributed by atoms with Gasteiger partial charge >= 0.3 is 0 Å². The van der Waals surface area contributed by atoms with Crippen LogP contribution in [-0.2, 0) is 4.79 Å². The van der Waals surface area contributed by atoms with Crippen molar-refractivity contribution in [3.05, 3.63) is 35.4 Å². The summed E-state index contributed by atoms with van der Waals surface area (Å²) < 4.78 is 25.7. The molecule has 0 aliphatic rings. The van der Waals surface area contributed by atoms with Gasteiger partial charge in [0.2, 0.25) is 6.08 Å². The Bertz CT molecular complexity index is 372. The van der Waals surface area contributed by atoms with E-state index in [9.17, 15) is 13.6 Å². The van der Waals surface area contributed by atoms with Crippen LogP contribution in [0.4, 0.5) is 8.78 Å². The van der Waals surface area contributed by atoms with Gasteiger partial charge in [-0.2, -0.15) is 4.99 Å². The van der Waals surface area contributed by atoms with Gasteiger partial charge in [0.05, 0.1) is 6.04 Å². The Balaban J connectivity index is 3.10.